The minimum absolute atomic E-state index is 0.0610. The molecule has 1 saturated heterocycles. The summed E-state index contributed by atoms with van der Waals surface area (Å²) in [5.41, 5.74) is 0.598. The molecule has 0 radical (unpaired) electrons. The van der Waals surface area contributed by atoms with Crippen molar-refractivity contribution < 1.29 is 18.7 Å². The van der Waals surface area contributed by atoms with Crippen molar-refractivity contribution in [3.8, 4) is 5.75 Å². The summed E-state index contributed by atoms with van der Waals surface area (Å²) in [7, 11) is 1.76. The van der Waals surface area contributed by atoms with Gasteiger partial charge in [-0.05, 0) is 42.7 Å². The monoisotopic (exact) mass is 410 g/mol. The third kappa shape index (κ3) is 3.91. The summed E-state index contributed by atoms with van der Waals surface area (Å²) >= 11 is 0. The number of amides is 2. The van der Waals surface area contributed by atoms with Crippen LogP contribution in [0.5, 0.6) is 5.75 Å². The fourth-order valence-electron chi connectivity index (χ4n) is 4.61. The SMILES string of the molecule is CN(Cc1ccccc1)C(=O)CN1C(=O)C(Oc2ccc(F)cc2)C12CCCCC2. The highest BCUT2D eigenvalue weighted by molar-refractivity contribution is 5.94. The lowest BCUT2D eigenvalue weighted by atomic mass is 9.70. The van der Waals surface area contributed by atoms with Crippen molar-refractivity contribution in [2.45, 2.75) is 50.3 Å². The molecule has 1 aliphatic carbocycles. The highest BCUT2D eigenvalue weighted by Gasteiger charge is 2.62. The molecule has 2 amide bonds. The zero-order valence-corrected chi connectivity index (χ0v) is 17.2. The second-order valence-corrected chi connectivity index (χ2v) is 8.28. The summed E-state index contributed by atoms with van der Waals surface area (Å²) in [6.07, 6.45) is 4.15. The molecule has 158 valence electrons. The van der Waals surface area contributed by atoms with Gasteiger partial charge in [0.25, 0.3) is 5.91 Å². The Balaban J connectivity index is 1.46. The van der Waals surface area contributed by atoms with Crippen LogP contribution in [-0.4, -0.2) is 46.8 Å². The predicted octanol–water partition coefficient (Wildman–Crippen LogP) is 3.78. The van der Waals surface area contributed by atoms with Gasteiger partial charge in [0.05, 0.1) is 5.54 Å². The molecule has 0 bridgehead atoms. The van der Waals surface area contributed by atoms with Crippen LogP contribution in [0.1, 0.15) is 37.7 Å². The van der Waals surface area contributed by atoms with Crippen LogP contribution in [-0.2, 0) is 16.1 Å². The van der Waals surface area contributed by atoms with E-state index >= 15 is 0 Å². The van der Waals surface area contributed by atoms with Gasteiger partial charge in [0, 0.05) is 13.6 Å². The molecule has 1 heterocycles. The number of nitrogens with zero attached hydrogens (tertiary/aromatic N) is 2. The fraction of sp³-hybridized carbons (Fsp3) is 0.417. The molecule has 1 spiro atoms. The summed E-state index contributed by atoms with van der Waals surface area (Å²) < 4.78 is 19.2. The van der Waals surface area contributed by atoms with Crippen LogP contribution in [0.15, 0.2) is 54.6 Å². The maximum atomic E-state index is 13.2. The first kappa shape index (κ1) is 20.4. The van der Waals surface area contributed by atoms with Crippen molar-refractivity contribution in [2.24, 2.45) is 0 Å². The first-order valence-corrected chi connectivity index (χ1v) is 10.5. The Bertz CT molecular complexity index is 894. The van der Waals surface area contributed by atoms with Gasteiger partial charge in [-0.3, -0.25) is 9.59 Å². The summed E-state index contributed by atoms with van der Waals surface area (Å²) in [5, 5.41) is 0. The number of carbonyl (C=O) groups is 2. The molecule has 2 aromatic carbocycles. The molecule has 30 heavy (non-hydrogen) atoms. The molecule has 5 nitrogen and oxygen atoms in total. The standard InChI is InChI=1S/C24H27FN2O3/c1-26(16-18-8-4-2-5-9-18)21(28)17-27-23(29)22(24(27)14-6-3-7-15-24)30-20-12-10-19(25)11-13-20/h2,4-5,8-13,22H,3,6-7,14-17H2,1H3. The van der Waals surface area contributed by atoms with E-state index in [1.807, 2.05) is 30.3 Å². The lowest BCUT2D eigenvalue weighted by Gasteiger charge is -2.58. The van der Waals surface area contributed by atoms with Gasteiger partial charge in [0.1, 0.15) is 18.1 Å². The van der Waals surface area contributed by atoms with Crippen molar-refractivity contribution in [1.82, 2.24) is 9.80 Å². The average molecular weight is 410 g/mol. The van der Waals surface area contributed by atoms with Crippen LogP contribution in [0, 0.1) is 5.82 Å². The first-order chi connectivity index (χ1) is 14.5. The normalized spacial score (nSPS) is 20.0. The van der Waals surface area contributed by atoms with Crippen LogP contribution in [0.25, 0.3) is 0 Å². The van der Waals surface area contributed by atoms with Gasteiger partial charge in [-0.1, -0.05) is 49.6 Å². The molecule has 1 aliphatic heterocycles. The lowest BCUT2D eigenvalue weighted by molar-refractivity contribution is -0.188. The average Bonchev–Trinajstić information content (AvgIpc) is 2.78. The van der Waals surface area contributed by atoms with E-state index in [1.54, 1.807) is 29.0 Å². The van der Waals surface area contributed by atoms with E-state index in [0.29, 0.717) is 12.3 Å². The maximum absolute atomic E-state index is 13.2. The van der Waals surface area contributed by atoms with Crippen molar-refractivity contribution in [1.29, 1.82) is 0 Å². The molecule has 6 heteroatoms. The van der Waals surface area contributed by atoms with Crippen molar-refractivity contribution in [2.75, 3.05) is 13.6 Å². The van der Waals surface area contributed by atoms with Crippen LogP contribution < -0.4 is 4.74 Å². The number of hydrogen-bond donors (Lipinski definition) is 0. The minimum atomic E-state index is -0.615. The van der Waals surface area contributed by atoms with Gasteiger partial charge in [-0.15, -0.1) is 0 Å². The van der Waals surface area contributed by atoms with E-state index in [1.165, 1.54) is 12.1 Å². The first-order valence-electron chi connectivity index (χ1n) is 10.5. The van der Waals surface area contributed by atoms with Gasteiger partial charge < -0.3 is 14.5 Å². The molecule has 0 N–H and O–H groups in total. The van der Waals surface area contributed by atoms with Crippen LogP contribution in [0.2, 0.25) is 0 Å². The fourth-order valence-corrected chi connectivity index (χ4v) is 4.61. The van der Waals surface area contributed by atoms with Crippen LogP contribution >= 0.6 is 0 Å². The number of carbonyl (C=O) groups excluding carboxylic acids is 2. The van der Waals surface area contributed by atoms with Crippen molar-refractivity contribution in [3.63, 3.8) is 0 Å². The summed E-state index contributed by atoms with van der Waals surface area (Å²) in [6, 6.07) is 15.5. The number of halogens is 1. The molecule has 2 aliphatic rings. The largest absolute Gasteiger partial charge is 0.478 e. The smallest absolute Gasteiger partial charge is 0.267 e. The van der Waals surface area contributed by atoms with Gasteiger partial charge >= 0.3 is 0 Å². The van der Waals surface area contributed by atoms with E-state index in [4.69, 9.17) is 4.74 Å². The Morgan fingerprint density at radius 2 is 1.77 bits per heavy atom. The molecule has 2 fully saturated rings. The summed E-state index contributed by atoms with van der Waals surface area (Å²) in [4.78, 5) is 29.2. The topological polar surface area (TPSA) is 49.9 Å². The highest BCUT2D eigenvalue weighted by Crippen LogP contribution is 2.45. The Hall–Kier alpha value is -2.89. The number of ether oxygens (including phenoxy) is 1. The lowest BCUT2D eigenvalue weighted by Crippen LogP contribution is -2.77. The molecule has 1 atom stereocenters. The molecule has 4 rings (SSSR count). The Morgan fingerprint density at radius 1 is 1.10 bits per heavy atom. The van der Waals surface area contributed by atoms with Crippen molar-refractivity contribution in [3.05, 3.63) is 66.0 Å². The second kappa shape index (κ2) is 8.46. The van der Waals surface area contributed by atoms with E-state index in [-0.39, 0.29) is 24.2 Å². The molecular weight excluding hydrogens is 383 g/mol. The zero-order chi connectivity index (χ0) is 21.1. The third-order valence-corrected chi connectivity index (χ3v) is 6.28. The number of benzene rings is 2. The Labute approximate surface area is 176 Å². The number of likely N-dealkylation sites (tertiary alicyclic amines) is 1. The predicted molar refractivity (Wildman–Crippen MR) is 111 cm³/mol. The van der Waals surface area contributed by atoms with Crippen LogP contribution in [0.3, 0.4) is 0 Å². The van der Waals surface area contributed by atoms with Gasteiger partial charge in [0.2, 0.25) is 5.91 Å². The number of likely N-dealkylation sites (N-methyl/N-ethyl adjacent to an activating group) is 1. The van der Waals surface area contributed by atoms with Gasteiger partial charge in [-0.2, -0.15) is 0 Å². The van der Waals surface area contributed by atoms with E-state index in [2.05, 4.69) is 0 Å². The van der Waals surface area contributed by atoms with Gasteiger partial charge in [-0.25, -0.2) is 4.39 Å². The molecule has 1 saturated carbocycles. The zero-order valence-electron chi connectivity index (χ0n) is 17.2. The number of β-lactam (4-membered cyclic amide) rings is 1. The number of rotatable bonds is 6. The van der Waals surface area contributed by atoms with Crippen molar-refractivity contribution >= 4 is 11.8 Å². The Kier molecular flexibility index (Phi) is 5.75. The number of hydrogen-bond acceptors (Lipinski definition) is 3. The van der Waals surface area contributed by atoms with E-state index < -0.39 is 11.6 Å². The summed E-state index contributed by atoms with van der Waals surface area (Å²) in [6.45, 7) is 0.565. The van der Waals surface area contributed by atoms with E-state index in [9.17, 15) is 14.0 Å². The highest BCUT2D eigenvalue weighted by atomic mass is 19.1. The van der Waals surface area contributed by atoms with Gasteiger partial charge in [0.15, 0.2) is 6.10 Å². The third-order valence-electron chi connectivity index (χ3n) is 6.28. The quantitative estimate of drug-likeness (QED) is 0.681. The molecule has 1 unspecified atom stereocenters. The minimum Gasteiger partial charge on any atom is -0.478 e. The Morgan fingerprint density at radius 3 is 2.43 bits per heavy atom. The molecule has 2 aromatic rings. The van der Waals surface area contributed by atoms with Crippen LogP contribution in [0.4, 0.5) is 4.39 Å². The maximum Gasteiger partial charge on any atom is 0.267 e. The summed E-state index contributed by atoms with van der Waals surface area (Å²) in [5.74, 6) is -0.115. The second-order valence-electron chi connectivity index (χ2n) is 8.28. The molecule has 0 aromatic heterocycles. The van der Waals surface area contributed by atoms with E-state index in [0.717, 1.165) is 37.7 Å². The molecular formula is C24H27FN2O3.